The van der Waals surface area contributed by atoms with Crippen LogP contribution >= 0.6 is 0 Å². The predicted octanol–water partition coefficient (Wildman–Crippen LogP) is 2.32. The number of benzene rings is 1. The van der Waals surface area contributed by atoms with Gasteiger partial charge in [0, 0.05) is 24.3 Å². The molecule has 0 radical (unpaired) electrons. The van der Waals surface area contributed by atoms with Crippen LogP contribution in [-0.4, -0.2) is 41.4 Å². The summed E-state index contributed by atoms with van der Waals surface area (Å²) in [5, 5.41) is 26.6. The molecule has 0 aliphatic heterocycles. The van der Waals surface area contributed by atoms with Crippen LogP contribution < -0.4 is 16.4 Å². The van der Waals surface area contributed by atoms with Gasteiger partial charge in [0.05, 0.1) is 18.0 Å². The first-order valence-electron chi connectivity index (χ1n) is 9.22. The van der Waals surface area contributed by atoms with Crippen molar-refractivity contribution in [1.82, 2.24) is 19.5 Å². The molecule has 1 aromatic carbocycles. The lowest BCUT2D eigenvalue weighted by Gasteiger charge is -2.26. The third-order valence-electron chi connectivity index (χ3n) is 4.76. The topological polar surface area (TPSA) is 134 Å². The minimum absolute atomic E-state index is 0.153. The van der Waals surface area contributed by atoms with Crippen molar-refractivity contribution in [3.63, 3.8) is 0 Å². The van der Waals surface area contributed by atoms with Crippen molar-refractivity contribution >= 4 is 28.6 Å². The Morgan fingerprint density at radius 1 is 1.29 bits per heavy atom. The zero-order valence-electron chi connectivity index (χ0n) is 16.6. The highest BCUT2D eigenvalue weighted by molar-refractivity contribution is 5.84. The molecule has 0 spiro atoms. The molecule has 6 N–H and O–H groups in total. The third-order valence-corrected chi connectivity index (χ3v) is 4.76. The highest BCUT2D eigenvalue weighted by Gasteiger charge is 2.24. The average molecular weight is 385 g/mol. The van der Waals surface area contributed by atoms with Gasteiger partial charge in [-0.15, -0.1) is 0 Å². The van der Waals surface area contributed by atoms with Crippen molar-refractivity contribution in [2.24, 2.45) is 0 Å². The number of fused-ring (bicyclic) bond motifs is 1. The quantitative estimate of drug-likeness (QED) is 0.309. The number of hydrogen-bond acceptors (Lipinski definition) is 8. The Morgan fingerprint density at radius 3 is 2.71 bits per heavy atom. The molecule has 0 bridgehead atoms. The molecule has 0 aliphatic carbocycles. The summed E-state index contributed by atoms with van der Waals surface area (Å²) in [7, 11) is 0. The second kappa shape index (κ2) is 7.51. The first-order chi connectivity index (χ1) is 13.2. The summed E-state index contributed by atoms with van der Waals surface area (Å²) in [5.41, 5.74) is 7.41. The second-order valence-corrected chi connectivity index (χ2v) is 7.36. The van der Waals surface area contributed by atoms with Gasteiger partial charge in [0.15, 0.2) is 17.0 Å². The SMILES string of the molecule is CCn1cnc2c(NCc3cc(N)ccc3O)nc(NC(C)C(C)(C)O)nc21. The molecule has 1 unspecified atom stereocenters. The summed E-state index contributed by atoms with van der Waals surface area (Å²) in [5.74, 6) is 1.07. The van der Waals surface area contributed by atoms with E-state index in [-0.39, 0.29) is 11.8 Å². The van der Waals surface area contributed by atoms with Gasteiger partial charge in [-0.2, -0.15) is 9.97 Å². The van der Waals surface area contributed by atoms with E-state index in [1.54, 1.807) is 38.4 Å². The molecule has 2 aromatic heterocycles. The van der Waals surface area contributed by atoms with Gasteiger partial charge in [0.2, 0.25) is 5.95 Å². The number of aromatic hydroxyl groups is 1. The zero-order valence-corrected chi connectivity index (χ0v) is 16.6. The molecule has 0 saturated heterocycles. The van der Waals surface area contributed by atoms with Crippen molar-refractivity contribution in [3.05, 3.63) is 30.1 Å². The molecular weight excluding hydrogens is 358 g/mol. The van der Waals surface area contributed by atoms with Crippen molar-refractivity contribution < 1.29 is 10.2 Å². The number of nitrogen functional groups attached to an aromatic ring is 1. The molecule has 0 fully saturated rings. The predicted molar refractivity (Wildman–Crippen MR) is 110 cm³/mol. The zero-order chi connectivity index (χ0) is 20.5. The summed E-state index contributed by atoms with van der Waals surface area (Å²) < 4.78 is 1.92. The van der Waals surface area contributed by atoms with Gasteiger partial charge in [0.25, 0.3) is 0 Å². The van der Waals surface area contributed by atoms with E-state index in [1.165, 1.54) is 0 Å². The van der Waals surface area contributed by atoms with E-state index in [0.717, 1.165) is 0 Å². The maximum absolute atomic E-state index is 10.2. The fraction of sp³-hybridized carbons (Fsp3) is 0.421. The normalized spacial score (nSPS) is 12.9. The maximum Gasteiger partial charge on any atom is 0.227 e. The Hall–Kier alpha value is -3.07. The van der Waals surface area contributed by atoms with E-state index in [1.807, 2.05) is 18.4 Å². The van der Waals surface area contributed by atoms with Gasteiger partial charge < -0.3 is 31.1 Å². The summed E-state index contributed by atoms with van der Waals surface area (Å²) in [4.78, 5) is 13.5. The first-order valence-corrected chi connectivity index (χ1v) is 9.22. The fourth-order valence-electron chi connectivity index (χ4n) is 2.66. The number of aryl methyl sites for hydroxylation is 1. The number of nitrogens with one attached hydrogen (secondary N) is 2. The average Bonchev–Trinajstić information content (AvgIpc) is 3.04. The smallest absolute Gasteiger partial charge is 0.227 e. The van der Waals surface area contributed by atoms with Crippen LogP contribution in [0.1, 0.15) is 33.3 Å². The van der Waals surface area contributed by atoms with E-state index in [4.69, 9.17) is 5.73 Å². The number of rotatable bonds is 7. The number of aromatic nitrogens is 4. The number of hydrogen-bond donors (Lipinski definition) is 5. The lowest BCUT2D eigenvalue weighted by atomic mass is 10.0. The van der Waals surface area contributed by atoms with Crippen LogP contribution in [0.3, 0.4) is 0 Å². The van der Waals surface area contributed by atoms with Crippen LogP contribution in [0, 0.1) is 0 Å². The van der Waals surface area contributed by atoms with Crippen LogP contribution in [-0.2, 0) is 13.1 Å². The van der Waals surface area contributed by atoms with Crippen molar-refractivity contribution in [3.8, 4) is 5.75 Å². The monoisotopic (exact) mass is 385 g/mol. The van der Waals surface area contributed by atoms with Gasteiger partial charge in [-0.05, 0) is 45.9 Å². The van der Waals surface area contributed by atoms with Crippen molar-refractivity contribution in [1.29, 1.82) is 0 Å². The molecule has 0 aliphatic rings. The van der Waals surface area contributed by atoms with Gasteiger partial charge in [-0.3, -0.25) is 0 Å². The molecule has 9 nitrogen and oxygen atoms in total. The Kier molecular flexibility index (Phi) is 5.28. The fourth-order valence-corrected chi connectivity index (χ4v) is 2.66. The van der Waals surface area contributed by atoms with E-state index in [2.05, 4.69) is 25.6 Å². The standard InChI is InChI=1S/C19H27N7O2/c1-5-26-10-22-15-16(21-9-12-8-13(20)6-7-14(12)27)24-18(25-17(15)26)23-11(2)19(3,4)28/h6-8,10-11,27-28H,5,9,20H2,1-4H3,(H2,21,23,24,25). The molecular formula is C19H27N7O2. The van der Waals surface area contributed by atoms with Gasteiger partial charge in [0.1, 0.15) is 5.75 Å². The highest BCUT2D eigenvalue weighted by atomic mass is 16.3. The molecule has 3 aromatic rings. The van der Waals surface area contributed by atoms with E-state index in [0.29, 0.717) is 47.3 Å². The minimum atomic E-state index is -0.940. The molecule has 150 valence electrons. The second-order valence-electron chi connectivity index (χ2n) is 7.36. The first kappa shape index (κ1) is 19.7. The Bertz CT molecular complexity index is 978. The lowest BCUT2D eigenvalue weighted by Crippen LogP contribution is -2.39. The number of anilines is 3. The molecule has 9 heteroatoms. The summed E-state index contributed by atoms with van der Waals surface area (Å²) >= 11 is 0. The minimum Gasteiger partial charge on any atom is -0.508 e. The van der Waals surface area contributed by atoms with Crippen LogP contribution in [0.15, 0.2) is 24.5 Å². The van der Waals surface area contributed by atoms with E-state index < -0.39 is 5.60 Å². The summed E-state index contributed by atoms with van der Waals surface area (Å²) in [6.45, 7) is 8.35. The largest absolute Gasteiger partial charge is 0.508 e. The summed E-state index contributed by atoms with van der Waals surface area (Å²) in [6, 6.07) is 4.64. The number of imidazole rings is 1. The van der Waals surface area contributed by atoms with Gasteiger partial charge >= 0.3 is 0 Å². The molecule has 28 heavy (non-hydrogen) atoms. The Labute approximate surface area is 163 Å². The van der Waals surface area contributed by atoms with Crippen molar-refractivity contribution in [2.45, 2.75) is 52.4 Å². The number of phenolic OH excluding ortho intramolecular Hbond substituents is 1. The van der Waals surface area contributed by atoms with Gasteiger partial charge in [-0.25, -0.2) is 4.98 Å². The lowest BCUT2D eigenvalue weighted by molar-refractivity contribution is 0.0646. The van der Waals surface area contributed by atoms with Crippen LogP contribution in [0.4, 0.5) is 17.5 Å². The number of phenols is 1. The number of nitrogens with two attached hydrogens (primary N) is 1. The number of nitrogens with zero attached hydrogens (tertiary/aromatic N) is 4. The number of aliphatic hydroxyl groups is 1. The molecule has 0 amide bonds. The van der Waals surface area contributed by atoms with Crippen LogP contribution in [0.25, 0.3) is 11.2 Å². The van der Waals surface area contributed by atoms with Crippen LogP contribution in [0.2, 0.25) is 0 Å². The Morgan fingerprint density at radius 2 is 2.04 bits per heavy atom. The summed E-state index contributed by atoms with van der Waals surface area (Å²) in [6.07, 6.45) is 1.71. The van der Waals surface area contributed by atoms with Crippen LogP contribution in [0.5, 0.6) is 5.75 Å². The van der Waals surface area contributed by atoms with E-state index in [9.17, 15) is 10.2 Å². The van der Waals surface area contributed by atoms with Gasteiger partial charge in [-0.1, -0.05) is 0 Å². The third kappa shape index (κ3) is 4.09. The highest BCUT2D eigenvalue weighted by Crippen LogP contribution is 2.25. The Balaban J connectivity index is 1.95. The molecule has 3 rings (SSSR count). The molecule has 0 saturated carbocycles. The van der Waals surface area contributed by atoms with E-state index >= 15 is 0 Å². The molecule has 2 heterocycles. The maximum atomic E-state index is 10.2. The molecule has 1 atom stereocenters. The van der Waals surface area contributed by atoms with Crippen molar-refractivity contribution in [2.75, 3.05) is 16.4 Å².